The first-order valence-electron chi connectivity index (χ1n) is 12.3. The summed E-state index contributed by atoms with van der Waals surface area (Å²) in [6.45, 7) is 2.80. The van der Waals surface area contributed by atoms with Gasteiger partial charge in [0, 0.05) is 43.1 Å². The number of carbonyl (C=O) groups is 1. The molecule has 1 N–H and O–H groups in total. The molecule has 0 radical (unpaired) electrons. The second kappa shape index (κ2) is 10.8. The summed E-state index contributed by atoms with van der Waals surface area (Å²) in [4.78, 5) is 18.4. The maximum absolute atomic E-state index is 12.1. The fourth-order valence-corrected chi connectivity index (χ4v) is 4.77. The van der Waals surface area contributed by atoms with Crippen LogP contribution in [0.3, 0.4) is 0 Å². The van der Waals surface area contributed by atoms with Gasteiger partial charge in [-0.15, -0.1) is 0 Å². The highest BCUT2D eigenvalue weighted by Crippen LogP contribution is 2.38. The normalized spacial score (nSPS) is 16.8. The van der Waals surface area contributed by atoms with Gasteiger partial charge in [0.1, 0.15) is 5.75 Å². The lowest BCUT2D eigenvalue weighted by atomic mass is 9.92. The molecule has 0 aliphatic carbocycles. The Morgan fingerprint density at radius 2 is 1.97 bits per heavy atom. The third-order valence-electron chi connectivity index (χ3n) is 6.90. The van der Waals surface area contributed by atoms with Crippen LogP contribution in [-0.2, 0) is 9.47 Å². The van der Waals surface area contributed by atoms with Crippen molar-refractivity contribution in [1.29, 1.82) is 0 Å². The predicted molar refractivity (Wildman–Crippen MR) is 141 cm³/mol. The van der Waals surface area contributed by atoms with E-state index < -0.39 is 0 Å². The van der Waals surface area contributed by atoms with Crippen LogP contribution < -0.4 is 15.0 Å². The van der Waals surface area contributed by atoms with Crippen molar-refractivity contribution in [2.45, 2.75) is 18.8 Å². The van der Waals surface area contributed by atoms with E-state index >= 15 is 0 Å². The van der Waals surface area contributed by atoms with Crippen molar-refractivity contribution in [1.82, 2.24) is 4.98 Å². The number of ether oxygens (including phenoxy) is 3. The van der Waals surface area contributed by atoms with Crippen LogP contribution in [0.1, 0.15) is 40.2 Å². The van der Waals surface area contributed by atoms with Crippen molar-refractivity contribution in [3.05, 3.63) is 83.7 Å². The minimum absolute atomic E-state index is 0.255. The molecule has 2 aliphatic heterocycles. The molecule has 0 saturated carbocycles. The number of hydrogen-bond donors (Lipinski definition) is 1. The first-order chi connectivity index (χ1) is 17.6. The van der Waals surface area contributed by atoms with E-state index in [4.69, 9.17) is 14.2 Å². The molecule has 0 spiro atoms. The molecule has 2 aliphatic rings. The second-order valence-corrected chi connectivity index (χ2v) is 9.01. The minimum atomic E-state index is -0.377. The summed E-state index contributed by atoms with van der Waals surface area (Å²) in [5.41, 5.74) is 7.11. The molecule has 0 saturated heterocycles. The summed E-state index contributed by atoms with van der Waals surface area (Å²) in [5, 5.41) is 3.39. The van der Waals surface area contributed by atoms with E-state index in [0.717, 1.165) is 42.1 Å². The summed E-state index contributed by atoms with van der Waals surface area (Å²) < 4.78 is 16.4. The number of carbonyl (C=O) groups excluding carboxylic acids is 1. The van der Waals surface area contributed by atoms with Crippen molar-refractivity contribution in [2.75, 3.05) is 50.7 Å². The largest absolute Gasteiger partial charge is 0.493 e. The molecule has 3 heterocycles. The van der Waals surface area contributed by atoms with Gasteiger partial charge in [-0.25, -0.2) is 4.79 Å². The Morgan fingerprint density at radius 3 is 2.75 bits per heavy atom. The number of esters is 1. The molecule has 7 heteroatoms. The molecule has 7 nitrogen and oxygen atoms in total. The molecule has 0 amide bonds. The molecule has 1 aromatic heterocycles. The molecule has 0 bridgehead atoms. The Labute approximate surface area is 211 Å². The van der Waals surface area contributed by atoms with Gasteiger partial charge in [0.05, 0.1) is 44.4 Å². The molecule has 36 heavy (non-hydrogen) atoms. The zero-order chi connectivity index (χ0) is 24.9. The van der Waals surface area contributed by atoms with Crippen LogP contribution in [-0.4, -0.2) is 51.5 Å². The Kier molecular flexibility index (Phi) is 7.18. The standard InChI is InChI=1S/C29H31N3O4/c1-32(23-5-3-20(4-6-23)21-10-14-35-15-11-21)24-7-8-25-22(12-16-36-28(25)17-24)18-31-27-19-30-13-9-26(27)29(33)34-2/h3-10,13,17,19,22,31H,11-12,14-16,18H2,1-2H3. The predicted octanol–water partition coefficient (Wildman–Crippen LogP) is 5.42. The van der Waals surface area contributed by atoms with Gasteiger partial charge in [0.2, 0.25) is 0 Å². The van der Waals surface area contributed by atoms with Crippen LogP contribution in [0.4, 0.5) is 17.1 Å². The van der Waals surface area contributed by atoms with Gasteiger partial charge >= 0.3 is 5.97 Å². The fraction of sp³-hybridized carbons (Fsp3) is 0.310. The Bertz CT molecular complexity index is 1260. The van der Waals surface area contributed by atoms with Gasteiger partial charge in [0.15, 0.2) is 0 Å². The average Bonchev–Trinajstić information content (AvgIpc) is 2.95. The molecular weight excluding hydrogens is 454 g/mol. The third kappa shape index (κ3) is 5.06. The zero-order valence-electron chi connectivity index (χ0n) is 20.7. The molecule has 3 aromatic rings. The fourth-order valence-electron chi connectivity index (χ4n) is 4.77. The number of methoxy groups -OCH3 is 1. The van der Waals surface area contributed by atoms with E-state index in [-0.39, 0.29) is 11.9 Å². The Balaban J connectivity index is 1.30. The van der Waals surface area contributed by atoms with Gasteiger partial charge in [-0.1, -0.05) is 24.3 Å². The number of fused-ring (bicyclic) bond motifs is 1. The number of nitrogens with one attached hydrogen (secondary N) is 1. The van der Waals surface area contributed by atoms with Crippen LogP contribution >= 0.6 is 0 Å². The van der Waals surface area contributed by atoms with Crippen molar-refractivity contribution in [3.8, 4) is 5.75 Å². The van der Waals surface area contributed by atoms with Crippen molar-refractivity contribution < 1.29 is 19.0 Å². The number of nitrogens with zero attached hydrogens (tertiary/aromatic N) is 2. The Morgan fingerprint density at radius 1 is 1.14 bits per heavy atom. The van der Waals surface area contributed by atoms with Crippen molar-refractivity contribution >= 4 is 28.6 Å². The first kappa shape index (κ1) is 23.9. The van der Waals surface area contributed by atoms with E-state index in [9.17, 15) is 4.79 Å². The molecule has 2 aromatic carbocycles. The lowest BCUT2D eigenvalue weighted by Gasteiger charge is -2.29. The number of benzene rings is 2. The monoisotopic (exact) mass is 485 g/mol. The number of hydrogen-bond acceptors (Lipinski definition) is 7. The van der Waals surface area contributed by atoms with E-state index in [0.29, 0.717) is 31.0 Å². The van der Waals surface area contributed by atoms with Gasteiger partial charge < -0.3 is 24.4 Å². The minimum Gasteiger partial charge on any atom is -0.493 e. The van der Waals surface area contributed by atoms with Gasteiger partial charge in [-0.05, 0) is 53.8 Å². The van der Waals surface area contributed by atoms with Crippen molar-refractivity contribution in [2.24, 2.45) is 0 Å². The van der Waals surface area contributed by atoms with Gasteiger partial charge in [-0.2, -0.15) is 0 Å². The zero-order valence-corrected chi connectivity index (χ0v) is 20.7. The van der Waals surface area contributed by atoms with E-state index in [2.05, 4.69) is 70.8 Å². The van der Waals surface area contributed by atoms with Crippen LogP contribution in [0.5, 0.6) is 5.75 Å². The average molecular weight is 486 g/mol. The molecule has 5 rings (SSSR count). The molecule has 1 unspecified atom stereocenters. The summed E-state index contributed by atoms with van der Waals surface area (Å²) in [7, 11) is 3.46. The highest BCUT2D eigenvalue weighted by atomic mass is 16.5. The summed E-state index contributed by atoms with van der Waals surface area (Å²) in [6.07, 6.45) is 7.27. The van der Waals surface area contributed by atoms with Gasteiger partial charge in [-0.3, -0.25) is 4.98 Å². The highest BCUT2D eigenvalue weighted by molar-refractivity contribution is 5.95. The smallest absolute Gasteiger partial charge is 0.340 e. The van der Waals surface area contributed by atoms with Crippen LogP contribution in [0.2, 0.25) is 0 Å². The van der Waals surface area contributed by atoms with Gasteiger partial charge in [0.25, 0.3) is 0 Å². The third-order valence-corrected chi connectivity index (χ3v) is 6.90. The number of pyridine rings is 1. The van der Waals surface area contributed by atoms with Crippen LogP contribution in [0.25, 0.3) is 5.57 Å². The SMILES string of the molecule is COC(=O)c1ccncc1NCC1CCOc2cc(N(C)c3ccc(C4=CCOCC4)cc3)ccc21. The summed E-state index contributed by atoms with van der Waals surface area (Å²) in [6, 6.07) is 16.7. The first-order valence-corrected chi connectivity index (χ1v) is 12.3. The van der Waals surface area contributed by atoms with Crippen molar-refractivity contribution in [3.63, 3.8) is 0 Å². The summed E-state index contributed by atoms with van der Waals surface area (Å²) in [5.74, 6) is 0.782. The maximum Gasteiger partial charge on any atom is 0.340 e. The lowest BCUT2D eigenvalue weighted by Crippen LogP contribution is -2.22. The second-order valence-electron chi connectivity index (χ2n) is 9.01. The topological polar surface area (TPSA) is 72.9 Å². The highest BCUT2D eigenvalue weighted by Gasteiger charge is 2.23. The number of aromatic nitrogens is 1. The maximum atomic E-state index is 12.1. The molecular formula is C29H31N3O4. The van der Waals surface area contributed by atoms with Crippen LogP contribution in [0, 0.1) is 0 Å². The van der Waals surface area contributed by atoms with Crippen LogP contribution in [0.15, 0.2) is 67.0 Å². The molecule has 186 valence electrons. The Hall–Kier alpha value is -3.84. The van der Waals surface area contributed by atoms with E-state index in [1.807, 2.05) is 0 Å². The van der Waals surface area contributed by atoms with E-state index in [1.54, 1.807) is 18.5 Å². The molecule has 0 fully saturated rings. The molecule has 1 atom stereocenters. The number of anilines is 3. The van der Waals surface area contributed by atoms with E-state index in [1.165, 1.54) is 18.2 Å². The quantitative estimate of drug-likeness (QED) is 0.448. The lowest BCUT2D eigenvalue weighted by molar-refractivity contribution is 0.0601. The number of rotatable bonds is 7. The summed E-state index contributed by atoms with van der Waals surface area (Å²) >= 11 is 0.